The second kappa shape index (κ2) is 4.34. The van der Waals surface area contributed by atoms with Crippen LogP contribution in [0.25, 0.3) is 0 Å². The third kappa shape index (κ3) is 2.06. The van der Waals surface area contributed by atoms with Crippen LogP contribution in [-0.4, -0.2) is 22.2 Å². The van der Waals surface area contributed by atoms with E-state index >= 15 is 0 Å². The molecule has 80 valence electrons. The van der Waals surface area contributed by atoms with Gasteiger partial charge < -0.3 is 4.74 Å². The molecule has 5 heteroatoms. The first-order chi connectivity index (χ1) is 7.20. The Balaban J connectivity index is 2.28. The van der Waals surface area contributed by atoms with Crippen LogP contribution in [0, 0.1) is 3.70 Å². The van der Waals surface area contributed by atoms with E-state index in [0.717, 1.165) is 16.5 Å². The number of carbonyl (C=O) groups is 1. The lowest BCUT2D eigenvalue weighted by Gasteiger charge is -2.13. The highest BCUT2D eigenvalue weighted by molar-refractivity contribution is 14.1. The Hall–Kier alpha value is -0.850. The summed E-state index contributed by atoms with van der Waals surface area (Å²) in [5.74, 6) is 0.402. The van der Waals surface area contributed by atoms with Crippen LogP contribution < -0.4 is 0 Å². The molecule has 0 spiro atoms. The zero-order valence-corrected chi connectivity index (χ0v) is 10.5. The topological polar surface area (TPSA) is 44.1 Å². The number of rotatable bonds is 2. The van der Waals surface area contributed by atoms with Crippen LogP contribution in [0.2, 0.25) is 0 Å². The zero-order valence-electron chi connectivity index (χ0n) is 8.36. The number of Topliss-reactive ketones (excluding diaryl/α,β-unsaturated/α-hetero) is 1. The predicted octanol–water partition coefficient (Wildman–Crippen LogP) is 1.90. The lowest BCUT2D eigenvalue weighted by atomic mass is 10.1. The molecule has 15 heavy (non-hydrogen) atoms. The van der Waals surface area contributed by atoms with Crippen molar-refractivity contribution in [1.29, 1.82) is 0 Å². The SMILES string of the molecule is Cn1ncc(C(=O)C2=CCCCO2)c1I. The van der Waals surface area contributed by atoms with Gasteiger partial charge in [0.05, 0.1) is 18.4 Å². The van der Waals surface area contributed by atoms with Crippen LogP contribution in [0.1, 0.15) is 23.2 Å². The third-order valence-corrected chi connectivity index (χ3v) is 3.55. The van der Waals surface area contributed by atoms with Crippen molar-refractivity contribution < 1.29 is 9.53 Å². The summed E-state index contributed by atoms with van der Waals surface area (Å²) >= 11 is 2.11. The van der Waals surface area contributed by atoms with Gasteiger partial charge in [0.1, 0.15) is 3.70 Å². The summed E-state index contributed by atoms with van der Waals surface area (Å²) in [4.78, 5) is 12.0. The molecule has 1 aromatic rings. The van der Waals surface area contributed by atoms with E-state index in [4.69, 9.17) is 4.74 Å². The van der Waals surface area contributed by atoms with Crippen LogP contribution >= 0.6 is 22.6 Å². The maximum atomic E-state index is 12.0. The molecule has 1 aromatic heterocycles. The minimum Gasteiger partial charge on any atom is -0.490 e. The van der Waals surface area contributed by atoms with Crippen molar-refractivity contribution >= 4 is 28.4 Å². The highest BCUT2D eigenvalue weighted by atomic mass is 127. The molecule has 0 aliphatic carbocycles. The van der Waals surface area contributed by atoms with E-state index in [-0.39, 0.29) is 5.78 Å². The molecule has 1 aliphatic rings. The van der Waals surface area contributed by atoms with Gasteiger partial charge in [-0.3, -0.25) is 9.48 Å². The fourth-order valence-electron chi connectivity index (χ4n) is 1.42. The number of aryl methyl sites for hydroxylation is 1. The number of hydrogen-bond donors (Lipinski definition) is 0. The van der Waals surface area contributed by atoms with Crippen molar-refractivity contribution in [3.8, 4) is 0 Å². The quantitative estimate of drug-likeness (QED) is 0.618. The summed E-state index contributed by atoms with van der Waals surface area (Å²) in [6, 6.07) is 0. The van der Waals surface area contributed by atoms with E-state index in [9.17, 15) is 4.79 Å². The van der Waals surface area contributed by atoms with E-state index in [2.05, 4.69) is 27.7 Å². The number of allylic oxidation sites excluding steroid dienone is 2. The van der Waals surface area contributed by atoms with Gasteiger partial charge in [-0.15, -0.1) is 0 Å². The van der Waals surface area contributed by atoms with Crippen LogP contribution in [0.5, 0.6) is 0 Å². The van der Waals surface area contributed by atoms with Crippen molar-refractivity contribution in [1.82, 2.24) is 9.78 Å². The molecule has 0 unspecified atom stereocenters. The van der Waals surface area contributed by atoms with E-state index in [1.165, 1.54) is 0 Å². The van der Waals surface area contributed by atoms with Crippen LogP contribution in [0.15, 0.2) is 18.0 Å². The lowest BCUT2D eigenvalue weighted by Crippen LogP contribution is -2.12. The number of carbonyl (C=O) groups excluding carboxylic acids is 1. The number of hydrogen-bond acceptors (Lipinski definition) is 3. The maximum Gasteiger partial charge on any atom is 0.231 e. The summed E-state index contributed by atoms with van der Waals surface area (Å²) in [5.41, 5.74) is 0.617. The number of ether oxygens (including phenoxy) is 1. The molecule has 0 bridgehead atoms. The third-order valence-electron chi connectivity index (χ3n) is 2.27. The first-order valence-corrected chi connectivity index (χ1v) is 5.83. The van der Waals surface area contributed by atoms with Gasteiger partial charge in [-0.25, -0.2) is 0 Å². The normalized spacial score (nSPS) is 15.7. The Bertz CT molecular complexity index is 423. The Morgan fingerprint density at radius 1 is 1.67 bits per heavy atom. The van der Waals surface area contributed by atoms with Crippen molar-refractivity contribution in [2.75, 3.05) is 6.61 Å². The fourth-order valence-corrected chi connectivity index (χ4v) is 1.93. The van der Waals surface area contributed by atoms with Crippen LogP contribution in [0.4, 0.5) is 0 Å². The second-order valence-corrected chi connectivity index (χ2v) is 4.38. The molecule has 4 nitrogen and oxygen atoms in total. The van der Waals surface area contributed by atoms with E-state index < -0.39 is 0 Å². The van der Waals surface area contributed by atoms with Gasteiger partial charge in [-0.05, 0) is 41.5 Å². The summed E-state index contributed by atoms with van der Waals surface area (Å²) in [6.45, 7) is 0.633. The van der Waals surface area contributed by atoms with Gasteiger partial charge >= 0.3 is 0 Å². The first-order valence-electron chi connectivity index (χ1n) is 4.75. The summed E-state index contributed by atoms with van der Waals surface area (Å²) in [7, 11) is 1.81. The highest BCUT2D eigenvalue weighted by Gasteiger charge is 2.20. The molecule has 0 amide bonds. The number of ketones is 1. The van der Waals surface area contributed by atoms with Gasteiger partial charge in [0.2, 0.25) is 5.78 Å². The minimum atomic E-state index is -0.0628. The molecule has 2 heterocycles. The van der Waals surface area contributed by atoms with Crippen LogP contribution in [-0.2, 0) is 11.8 Å². The van der Waals surface area contributed by atoms with Gasteiger partial charge in [0.15, 0.2) is 5.76 Å². The number of halogens is 1. The molecule has 0 atom stereocenters. The Labute approximate surface area is 101 Å². The molecule has 2 rings (SSSR count). The molecular formula is C10H11IN2O2. The summed E-state index contributed by atoms with van der Waals surface area (Å²) < 4.78 is 7.85. The molecule has 0 N–H and O–H groups in total. The maximum absolute atomic E-state index is 12.0. The minimum absolute atomic E-state index is 0.0628. The number of nitrogens with zero attached hydrogens (tertiary/aromatic N) is 2. The average molecular weight is 318 g/mol. The number of aromatic nitrogens is 2. The molecule has 0 saturated heterocycles. The van der Waals surface area contributed by atoms with Crippen molar-refractivity contribution in [3.05, 3.63) is 27.3 Å². The standard InChI is InChI=1S/C10H11IN2O2/c1-13-10(11)7(6-12-13)9(14)8-4-2-3-5-15-8/h4,6H,2-3,5H2,1H3. The average Bonchev–Trinajstić information content (AvgIpc) is 2.60. The predicted molar refractivity (Wildman–Crippen MR) is 63.5 cm³/mol. The van der Waals surface area contributed by atoms with Crippen LogP contribution in [0.3, 0.4) is 0 Å². The van der Waals surface area contributed by atoms with E-state index in [1.54, 1.807) is 10.9 Å². The largest absolute Gasteiger partial charge is 0.490 e. The van der Waals surface area contributed by atoms with Crippen molar-refractivity contribution in [2.24, 2.45) is 7.05 Å². The van der Waals surface area contributed by atoms with Gasteiger partial charge in [-0.1, -0.05) is 0 Å². The van der Waals surface area contributed by atoms with Gasteiger partial charge in [0, 0.05) is 7.05 Å². The highest BCUT2D eigenvalue weighted by Crippen LogP contribution is 2.19. The zero-order chi connectivity index (χ0) is 10.8. The Morgan fingerprint density at radius 3 is 3.00 bits per heavy atom. The Kier molecular flexibility index (Phi) is 3.08. The van der Waals surface area contributed by atoms with Crippen molar-refractivity contribution in [2.45, 2.75) is 12.8 Å². The monoisotopic (exact) mass is 318 g/mol. The molecular weight excluding hydrogens is 307 g/mol. The smallest absolute Gasteiger partial charge is 0.231 e. The van der Waals surface area contributed by atoms with Crippen molar-refractivity contribution in [3.63, 3.8) is 0 Å². The molecule has 0 radical (unpaired) electrons. The molecule has 0 fully saturated rings. The van der Waals surface area contributed by atoms with E-state index in [0.29, 0.717) is 17.9 Å². The van der Waals surface area contributed by atoms with E-state index in [1.807, 2.05) is 13.1 Å². The summed E-state index contributed by atoms with van der Waals surface area (Å²) in [6.07, 6.45) is 5.34. The molecule has 0 aromatic carbocycles. The Morgan fingerprint density at radius 2 is 2.47 bits per heavy atom. The molecule has 1 aliphatic heterocycles. The molecule has 0 saturated carbocycles. The van der Waals surface area contributed by atoms with Gasteiger partial charge in [0.25, 0.3) is 0 Å². The van der Waals surface area contributed by atoms with Gasteiger partial charge in [-0.2, -0.15) is 5.10 Å². The fraction of sp³-hybridized carbons (Fsp3) is 0.400. The first kappa shape index (κ1) is 10.7. The summed E-state index contributed by atoms with van der Waals surface area (Å²) in [5, 5.41) is 4.04. The lowest BCUT2D eigenvalue weighted by molar-refractivity contribution is 0.0898. The second-order valence-electron chi connectivity index (χ2n) is 3.36.